The summed E-state index contributed by atoms with van der Waals surface area (Å²) in [5, 5.41) is 0. The van der Waals surface area contributed by atoms with Crippen molar-refractivity contribution in [2.24, 2.45) is 5.73 Å². The number of nitrogens with two attached hydrogens (primary N) is 1. The van der Waals surface area contributed by atoms with Crippen molar-refractivity contribution in [3.05, 3.63) is 84.8 Å². The molecule has 0 radical (unpaired) electrons. The summed E-state index contributed by atoms with van der Waals surface area (Å²) in [5.74, 6) is 0.602. The Balaban J connectivity index is 1.59. The highest BCUT2D eigenvalue weighted by atomic mass is 16.5. The molecule has 136 valence electrons. The number of benzene rings is 2. The van der Waals surface area contributed by atoms with Crippen LogP contribution < -0.4 is 10.5 Å². The molecule has 2 heterocycles. The average molecular weight is 369 g/mol. The number of hydrogen-bond donors (Lipinski definition) is 1. The van der Waals surface area contributed by atoms with Gasteiger partial charge in [-0.05, 0) is 18.2 Å². The minimum atomic E-state index is -0.591. The summed E-state index contributed by atoms with van der Waals surface area (Å²) < 4.78 is 5.67. The van der Waals surface area contributed by atoms with Crippen LogP contribution in [0.2, 0.25) is 0 Å². The van der Waals surface area contributed by atoms with E-state index in [0.717, 1.165) is 16.8 Å². The van der Waals surface area contributed by atoms with E-state index in [9.17, 15) is 4.79 Å². The second-order valence-corrected chi connectivity index (χ2v) is 5.88. The van der Waals surface area contributed by atoms with Crippen molar-refractivity contribution in [3.63, 3.8) is 0 Å². The van der Waals surface area contributed by atoms with E-state index in [4.69, 9.17) is 10.5 Å². The van der Waals surface area contributed by atoms with Gasteiger partial charge in [-0.15, -0.1) is 0 Å². The molecule has 7 nitrogen and oxygen atoms in total. The molecule has 2 N–H and O–H groups in total. The van der Waals surface area contributed by atoms with E-state index in [1.807, 2.05) is 54.6 Å². The van der Waals surface area contributed by atoms with Gasteiger partial charge in [-0.1, -0.05) is 42.5 Å². The quantitative estimate of drug-likeness (QED) is 0.577. The summed E-state index contributed by atoms with van der Waals surface area (Å²) in [7, 11) is 0. The molecule has 0 fully saturated rings. The highest BCUT2D eigenvalue weighted by Gasteiger charge is 2.08. The molecule has 0 aliphatic carbocycles. The Morgan fingerprint density at radius 3 is 2.36 bits per heavy atom. The van der Waals surface area contributed by atoms with Crippen LogP contribution in [0, 0.1) is 0 Å². The first-order chi connectivity index (χ1) is 13.7. The lowest BCUT2D eigenvalue weighted by Gasteiger charge is -2.07. The molecule has 0 aliphatic rings. The lowest BCUT2D eigenvalue weighted by Crippen LogP contribution is -2.11. The highest BCUT2D eigenvalue weighted by molar-refractivity contribution is 5.92. The van der Waals surface area contributed by atoms with Gasteiger partial charge < -0.3 is 10.5 Å². The number of aromatic nitrogens is 4. The molecule has 7 heteroatoms. The minimum Gasteiger partial charge on any atom is -0.424 e. The van der Waals surface area contributed by atoms with E-state index < -0.39 is 5.91 Å². The van der Waals surface area contributed by atoms with Crippen LogP contribution in [0.25, 0.3) is 22.6 Å². The molecular formula is C21H15N5O2. The summed E-state index contributed by atoms with van der Waals surface area (Å²) in [6.07, 6.45) is 4.38. The maximum absolute atomic E-state index is 11.1. The van der Waals surface area contributed by atoms with Crippen molar-refractivity contribution >= 4 is 5.91 Å². The van der Waals surface area contributed by atoms with E-state index in [1.54, 1.807) is 12.3 Å². The molecule has 0 aliphatic heterocycles. The van der Waals surface area contributed by atoms with Crippen molar-refractivity contribution in [1.82, 2.24) is 19.9 Å². The fourth-order valence-corrected chi connectivity index (χ4v) is 2.57. The van der Waals surface area contributed by atoms with Gasteiger partial charge in [0.05, 0.1) is 11.3 Å². The molecule has 0 saturated heterocycles. The smallest absolute Gasteiger partial charge is 0.321 e. The van der Waals surface area contributed by atoms with Crippen molar-refractivity contribution in [1.29, 1.82) is 0 Å². The number of hydrogen-bond acceptors (Lipinski definition) is 6. The van der Waals surface area contributed by atoms with Gasteiger partial charge in [0.2, 0.25) is 0 Å². The van der Waals surface area contributed by atoms with E-state index in [1.165, 1.54) is 12.4 Å². The van der Waals surface area contributed by atoms with Crippen LogP contribution in [-0.4, -0.2) is 25.8 Å². The number of ether oxygens (including phenoxy) is 1. The second-order valence-electron chi connectivity index (χ2n) is 5.88. The predicted molar refractivity (Wildman–Crippen MR) is 104 cm³/mol. The third kappa shape index (κ3) is 3.83. The lowest BCUT2D eigenvalue weighted by atomic mass is 10.1. The van der Waals surface area contributed by atoms with Crippen LogP contribution in [-0.2, 0) is 0 Å². The Hall–Kier alpha value is -4.13. The van der Waals surface area contributed by atoms with Gasteiger partial charge >= 0.3 is 6.01 Å². The molecule has 1 amide bonds. The van der Waals surface area contributed by atoms with Crippen LogP contribution in [0.5, 0.6) is 11.8 Å². The summed E-state index contributed by atoms with van der Waals surface area (Å²) in [4.78, 5) is 28.1. The van der Waals surface area contributed by atoms with Gasteiger partial charge in [0.1, 0.15) is 5.75 Å². The molecule has 0 atom stereocenters. The molecule has 0 saturated carbocycles. The predicted octanol–water partition coefficient (Wildman–Crippen LogP) is 3.49. The zero-order chi connectivity index (χ0) is 19.3. The summed E-state index contributed by atoms with van der Waals surface area (Å²) in [6, 6.07) is 19.1. The minimum absolute atomic E-state index is 0.120. The Morgan fingerprint density at radius 1 is 0.857 bits per heavy atom. The van der Waals surface area contributed by atoms with E-state index in [2.05, 4.69) is 19.9 Å². The highest BCUT2D eigenvalue weighted by Crippen LogP contribution is 2.26. The fourth-order valence-electron chi connectivity index (χ4n) is 2.57. The third-order valence-electron chi connectivity index (χ3n) is 3.94. The zero-order valence-corrected chi connectivity index (χ0v) is 14.7. The van der Waals surface area contributed by atoms with E-state index >= 15 is 0 Å². The zero-order valence-electron chi connectivity index (χ0n) is 14.7. The topological polar surface area (TPSA) is 104 Å². The van der Waals surface area contributed by atoms with Crippen LogP contribution in [0.1, 0.15) is 10.4 Å². The second kappa shape index (κ2) is 7.63. The first-order valence-electron chi connectivity index (χ1n) is 8.48. The normalized spacial score (nSPS) is 10.4. The first kappa shape index (κ1) is 17.3. The number of rotatable bonds is 5. The fraction of sp³-hybridized carbons (Fsp3) is 0. The number of carbonyl (C=O) groups is 1. The van der Waals surface area contributed by atoms with Crippen LogP contribution in [0.3, 0.4) is 0 Å². The third-order valence-corrected chi connectivity index (χ3v) is 3.94. The molecule has 28 heavy (non-hydrogen) atoms. The summed E-state index contributed by atoms with van der Waals surface area (Å²) in [5.41, 5.74) is 7.98. The van der Waals surface area contributed by atoms with Crippen molar-refractivity contribution in [2.45, 2.75) is 0 Å². The van der Waals surface area contributed by atoms with Crippen LogP contribution in [0.4, 0.5) is 0 Å². The van der Waals surface area contributed by atoms with Crippen LogP contribution >= 0.6 is 0 Å². The van der Waals surface area contributed by atoms with E-state index in [0.29, 0.717) is 11.6 Å². The Kier molecular flexibility index (Phi) is 4.71. The van der Waals surface area contributed by atoms with Gasteiger partial charge in [-0.3, -0.25) is 4.79 Å². The Bertz CT molecular complexity index is 1110. The largest absolute Gasteiger partial charge is 0.424 e. The summed E-state index contributed by atoms with van der Waals surface area (Å²) in [6.45, 7) is 0. The molecule has 4 aromatic rings. The van der Waals surface area contributed by atoms with Gasteiger partial charge in [0.15, 0.2) is 5.82 Å². The van der Waals surface area contributed by atoms with Crippen LogP contribution in [0.15, 0.2) is 79.3 Å². The number of amides is 1. The maximum Gasteiger partial charge on any atom is 0.321 e. The first-order valence-corrected chi connectivity index (χ1v) is 8.48. The van der Waals surface area contributed by atoms with Gasteiger partial charge in [0.25, 0.3) is 5.91 Å². The maximum atomic E-state index is 11.1. The number of primary amides is 1. The van der Waals surface area contributed by atoms with Gasteiger partial charge in [-0.2, -0.15) is 0 Å². The molecule has 0 bridgehead atoms. The molecule has 0 unspecified atom stereocenters. The average Bonchev–Trinajstić information content (AvgIpc) is 2.75. The SMILES string of the molecule is NC(=O)c1cnc(Oc2cccc(-c3ccnc(-c4ccccc4)n3)c2)nc1. The van der Waals surface area contributed by atoms with Gasteiger partial charge in [-0.25, -0.2) is 19.9 Å². The summed E-state index contributed by atoms with van der Waals surface area (Å²) >= 11 is 0. The van der Waals surface area contributed by atoms with Crippen molar-refractivity contribution in [3.8, 4) is 34.4 Å². The molecule has 2 aromatic carbocycles. The molecule has 4 rings (SSSR count). The molecule has 0 spiro atoms. The van der Waals surface area contributed by atoms with E-state index in [-0.39, 0.29) is 11.6 Å². The lowest BCUT2D eigenvalue weighted by molar-refractivity contribution is 0.0999. The van der Waals surface area contributed by atoms with Crippen molar-refractivity contribution < 1.29 is 9.53 Å². The Labute approximate surface area is 160 Å². The molecule has 2 aromatic heterocycles. The Morgan fingerprint density at radius 2 is 1.61 bits per heavy atom. The number of nitrogens with zero attached hydrogens (tertiary/aromatic N) is 4. The van der Waals surface area contributed by atoms with Crippen molar-refractivity contribution in [2.75, 3.05) is 0 Å². The molecular weight excluding hydrogens is 354 g/mol. The standard InChI is InChI=1S/C21H15N5O2/c22-19(27)16-12-24-21(25-13-16)28-17-8-4-7-15(11-17)18-9-10-23-20(26-18)14-5-2-1-3-6-14/h1-13H,(H2,22,27). The number of carbonyl (C=O) groups excluding carboxylic acids is 1. The van der Waals surface area contributed by atoms with Gasteiger partial charge in [0, 0.05) is 29.7 Å². The monoisotopic (exact) mass is 369 g/mol.